The van der Waals surface area contributed by atoms with Crippen LogP contribution in [0.3, 0.4) is 0 Å². The van der Waals surface area contributed by atoms with Gasteiger partial charge < -0.3 is 29.9 Å². The van der Waals surface area contributed by atoms with Crippen LogP contribution >= 0.6 is 22.6 Å². The smallest absolute Gasteiger partial charge is 0.247 e. The van der Waals surface area contributed by atoms with Gasteiger partial charge in [-0.05, 0) is 71.3 Å². The molecule has 0 aromatic heterocycles. The van der Waals surface area contributed by atoms with Crippen molar-refractivity contribution in [2.45, 2.75) is 50.9 Å². The molecular formula is C29H34FIN2O7. The number of hydrogen-bond donors (Lipinski definition) is 3. The molecule has 0 radical (unpaired) electrons. The molecule has 0 fully saturated rings. The van der Waals surface area contributed by atoms with Crippen molar-refractivity contribution >= 4 is 40.7 Å². The molecule has 3 atom stereocenters. The van der Waals surface area contributed by atoms with Crippen LogP contribution < -0.4 is 14.8 Å². The Morgan fingerprint density at radius 3 is 2.70 bits per heavy atom. The molecule has 2 aromatic carbocycles. The number of carbonyl (C=O) groups excluding carboxylic acids is 3. The zero-order chi connectivity index (χ0) is 29.2. The second-order valence-electron chi connectivity index (χ2n) is 9.38. The number of nitrogens with zero attached hydrogens (tertiary/aromatic N) is 1. The lowest BCUT2D eigenvalue weighted by Crippen LogP contribution is -2.55. The fourth-order valence-corrected chi connectivity index (χ4v) is 5.37. The summed E-state index contributed by atoms with van der Waals surface area (Å²) in [6, 6.07) is 8.39. The maximum absolute atomic E-state index is 13.8. The first-order chi connectivity index (χ1) is 19.2. The zero-order valence-corrected chi connectivity index (χ0v) is 24.6. The van der Waals surface area contributed by atoms with Crippen LogP contribution in [0.5, 0.6) is 11.5 Å². The lowest BCUT2D eigenvalue weighted by molar-refractivity contribution is -0.138. The van der Waals surface area contributed by atoms with E-state index in [0.29, 0.717) is 33.8 Å². The molecule has 9 nitrogen and oxygen atoms in total. The standard InChI is InChI=1S/C29H34FIN2O7/c1-3-5-26(36)33(10-8-18-6-4-7-21(30)12-18)23-15-20(29(38)32-9-11-34)16-24(27(23)37)40-28-22(31)13-19(17-35)14-25(28)39-2/h4,6-7,12-14,16-17,23-24,27,34,37H,3,5,8-11,15H2,1-2H3,(H,32,38)/t23-,24+,27+/m1/s1. The molecule has 1 aliphatic rings. The molecule has 0 aliphatic heterocycles. The van der Waals surface area contributed by atoms with Gasteiger partial charge in [0, 0.05) is 37.1 Å². The van der Waals surface area contributed by atoms with E-state index in [0.717, 1.165) is 0 Å². The van der Waals surface area contributed by atoms with Crippen molar-refractivity contribution in [1.29, 1.82) is 0 Å². The summed E-state index contributed by atoms with van der Waals surface area (Å²) in [7, 11) is 1.42. The SMILES string of the molecule is CCCC(=O)N(CCc1cccc(F)c1)[C@@H]1CC(C(=O)NCCO)=C[C@H](Oc2c(I)cc(C=O)cc2OC)[C@H]1O. The fraction of sp³-hybridized carbons (Fsp3) is 0.414. The first-order valence-corrected chi connectivity index (χ1v) is 14.1. The van der Waals surface area contributed by atoms with Crippen LogP contribution in [0.1, 0.15) is 42.1 Å². The van der Waals surface area contributed by atoms with Gasteiger partial charge in [0.2, 0.25) is 11.8 Å². The van der Waals surface area contributed by atoms with Gasteiger partial charge in [0.1, 0.15) is 24.3 Å². The Balaban J connectivity index is 1.99. The maximum Gasteiger partial charge on any atom is 0.247 e. The molecular weight excluding hydrogens is 634 g/mol. The van der Waals surface area contributed by atoms with Gasteiger partial charge in [-0.25, -0.2) is 4.39 Å². The summed E-state index contributed by atoms with van der Waals surface area (Å²) >= 11 is 1.99. The van der Waals surface area contributed by atoms with Crippen LogP contribution in [0.4, 0.5) is 4.39 Å². The van der Waals surface area contributed by atoms with Gasteiger partial charge >= 0.3 is 0 Å². The first kappa shape index (κ1) is 31.5. The third kappa shape index (κ3) is 8.01. The number of carbonyl (C=O) groups is 3. The molecule has 0 unspecified atom stereocenters. The summed E-state index contributed by atoms with van der Waals surface area (Å²) in [5, 5.41) is 23.4. The monoisotopic (exact) mass is 668 g/mol. The van der Waals surface area contributed by atoms with E-state index in [2.05, 4.69) is 5.32 Å². The lowest BCUT2D eigenvalue weighted by atomic mass is 9.87. The molecule has 11 heteroatoms. The lowest BCUT2D eigenvalue weighted by Gasteiger charge is -2.41. The average Bonchev–Trinajstić information content (AvgIpc) is 2.94. The van der Waals surface area contributed by atoms with Crippen molar-refractivity contribution in [2.24, 2.45) is 0 Å². The van der Waals surface area contributed by atoms with Crippen LogP contribution in [0.2, 0.25) is 0 Å². The number of hydrogen-bond acceptors (Lipinski definition) is 7. The number of aldehydes is 1. The van der Waals surface area contributed by atoms with Crippen molar-refractivity contribution in [3.63, 3.8) is 0 Å². The molecule has 3 N–H and O–H groups in total. The number of nitrogens with one attached hydrogen (secondary N) is 1. The summed E-state index contributed by atoms with van der Waals surface area (Å²) in [5.41, 5.74) is 1.36. The minimum absolute atomic E-state index is 0.0336. The van der Waals surface area contributed by atoms with Crippen molar-refractivity contribution < 1.29 is 38.5 Å². The second-order valence-corrected chi connectivity index (χ2v) is 10.5. The van der Waals surface area contributed by atoms with Gasteiger partial charge in [0.05, 0.1) is 23.3 Å². The summed E-state index contributed by atoms with van der Waals surface area (Å²) in [4.78, 5) is 39.2. The molecule has 0 heterocycles. The Labute approximate surface area is 246 Å². The fourth-order valence-electron chi connectivity index (χ4n) is 4.61. The second kappa shape index (κ2) is 15.1. The van der Waals surface area contributed by atoms with Crippen LogP contribution in [0, 0.1) is 9.39 Å². The minimum Gasteiger partial charge on any atom is -0.493 e. The molecule has 2 amide bonds. The molecule has 0 saturated carbocycles. The van der Waals surface area contributed by atoms with Crippen LogP contribution in [0.15, 0.2) is 48.0 Å². The van der Waals surface area contributed by atoms with Crippen LogP contribution in [-0.2, 0) is 16.0 Å². The molecule has 40 heavy (non-hydrogen) atoms. The van der Waals surface area contributed by atoms with Gasteiger partial charge in [-0.2, -0.15) is 0 Å². The molecule has 1 aliphatic carbocycles. The van der Waals surface area contributed by atoms with Crippen LogP contribution in [-0.4, -0.2) is 78.3 Å². The molecule has 2 aromatic rings. The normalized spacial score (nSPS) is 18.4. The van der Waals surface area contributed by atoms with Crippen molar-refractivity contribution in [3.05, 3.63) is 68.6 Å². The number of methoxy groups -OCH3 is 1. The Morgan fingerprint density at radius 2 is 2.05 bits per heavy atom. The highest BCUT2D eigenvalue weighted by Gasteiger charge is 2.40. The third-order valence-electron chi connectivity index (χ3n) is 6.57. The largest absolute Gasteiger partial charge is 0.493 e. The molecule has 3 rings (SSSR count). The minimum atomic E-state index is -1.23. The highest BCUT2D eigenvalue weighted by molar-refractivity contribution is 14.1. The Kier molecular flexibility index (Phi) is 11.9. The highest BCUT2D eigenvalue weighted by Crippen LogP contribution is 2.37. The number of aliphatic hydroxyl groups is 2. The van der Waals surface area contributed by atoms with Gasteiger partial charge in [-0.3, -0.25) is 14.4 Å². The van der Waals surface area contributed by atoms with E-state index in [1.165, 1.54) is 31.4 Å². The topological polar surface area (TPSA) is 125 Å². The van der Waals surface area contributed by atoms with Crippen molar-refractivity contribution in [1.82, 2.24) is 10.2 Å². The Morgan fingerprint density at radius 1 is 1.27 bits per heavy atom. The molecule has 0 saturated heterocycles. The Hall–Kier alpha value is -3.03. The van der Waals surface area contributed by atoms with E-state index in [1.807, 2.05) is 29.5 Å². The van der Waals surface area contributed by atoms with E-state index < -0.39 is 24.2 Å². The van der Waals surface area contributed by atoms with Crippen molar-refractivity contribution in [3.8, 4) is 11.5 Å². The maximum atomic E-state index is 13.8. The summed E-state index contributed by atoms with van der Waals surface area (Å²) in [6.45, 7) is 1.85. The summed E-state index contributed by atoms with van der Waals surface area (Å²) in [6.07, 6.45) is 1.11. The van der Waals surface area contributed by atoms with Crippen LogP contribution in [0.25, 0.3) is 0 Å². The van der Waals surface area contributed by atoms with Gasteiger partial charge in [0.25, 0.3) is 0 Å². The van der Waals surface area contributed by atoms with Gasteiger partial charge in [-0.1, -0.05) is 19.1 Å². The van der Waals surface area contributed by atoms with Crippen molar-refractivity contribution in [2.75, 3.05) is 26.8 Å². The van der Waals surface area contributed by atoms with Gasteiger partial charge in [0.15, 0.2) is 11.5 Å². The van der Waals surface area contributed by atoms with E-state index in [-0.39, 0.29) is 61.3 Å². The molecule has 0 bridgehead atoms. The first-order valence-electron chi connectivity index (χ1n) is 13.0. The zero-order valence-electron chi connectivity index (χ0n) is 22.4. The van der Waals surface area contributed by atoms with E-state index in [1.54, 1.807) is 23.1 Å². The summed E-state index contributed by atoms with van der Waals surface area (Å²) < 4.78 is 26.0. The number of benzene rings is 2. The van der Waals surface area contributed by atoms with Gasteiger partial charge in [-0.15, -0.1) is 0 Å². The van der Waals surface area contributed by atoms with E-state index in [4.69, 9.17) is 9.47 Å². The number of aliphatic hydroxyl groups excluding tert-OH is 2. The Bertz CT molecular complexity index is 1240. The quantitative estimate of drug-likeness (QED) is 0.222. The number of halogens is 2. The predicted molar refractivity (Wildman–Crippen MR) is 155 cm³/mol. The predicted octanol–water partition coefficient (Wildman–Crippen LogP) is 3.04. The number of ether oxygens (including phenoxy) is 2. The average molecular weight is 669 g/mol. The number of amides is 2. The van der Waals surface area contributed by atoms with E-state index >= 15 is 0 Å². The van der Waals surface area contributed by atoms with E-state index in [9.17, 15) is 29.0 Å². The number of rotatable bonds is 13. The molecule has 216 valence electrons. The molecule has 0 spiro atoms. The summed E-state index contributed by atoms with van der Waals surface area (Å²) in [5.74, 6) is -0.499. The highest BCUT2D eigenvalue weighted by atomic mass is 127. The third-order valence-corrected chi connectivity index (χ3v) is 7.37.